The molecule has 0 aliphatic carbocycles. The van der Waals surface area contributed by atoms with Gasteiger partial charge in [-0.15, -0.1) is 0 Å². The summed E-state index contributed by atoms with van der Waals surface area (Å²) < 4.78 is 0. The van der Waals surface area contributed by atoms with Gasteiger partial charge in [0, 0.05) is 18.2 Å². The van der Waals surface area contributed by atoms with E-state index in [1.54, 1.807) is 11.8 Å². The molecule has 1 aromatic rings. The first-order valence-corrected chi connectivity index (χ1v) is 6.76. The van der Waals surface area contributed by atoms with E-state index in [1.807, 2.05) is 6.26 Å². The molecule has 0 aliphatic heterocycles. The number of anilines is 1. The Morgan fingerprint density at radius 3 is 2.83 bits per heavy atom. The third-order valence-electron chi connectivity index (χ3n) is 2.30. The monoisotopic (exact) mass is 269 g/mol. The topological polar surface area (TPSA) is 98.3 Å². The van der Waals surface area contributed by atoms with Crippen LogP contribution in [0.15, 0.2) is 18.2 Å². The standard InChI is InChI=1S/C11H15N3O3S/c1-18-6-2-5-13-11(15)8-3-4-10(14(16)17)9(12)7-8/h3-4,7H,2,5-6,12H2,1H3,(H,13,15). The molecule has 0 heterocycles. The minimum atomic E-state index is -0.574. The summed E-state index contributed by atoms with van der Waals surface area (Å²) in [6.45, 7) is 0.580. The van der Waals surface area contributed by atoms with Crippen LogP contribution in [0.5, 0.6) is 0 Å². The largest absolute Gasteiger partial charge is 0.393 e. The van der Waals surface area contributed by atoms with Gasteiger partial charge in [-0.05, 0) is 30.6 Å². The molecular formula is C11H15N3O3S. The molecule has 0 saturated heterocycles. The number of carbonyl (C=O) groups is 1. The molecule has 1 amide bonds. The van der Waals surface area contributed by atoms with Crippen LogP contribution in [0, 0.1) is 10.1 Å². The van der Waals surface area contributed by atoms with E-state index in [0.29, 0.717) is 12.1 Å². The third-order valence-corrected chi connectivity index (χ3v) is 2.99. The first-order chi connectivity index (χ1) is 8.56. The van der Waals surface area contributed by atoms with Gasteiger partial charge in [-0.2, -0.15) is 11.8 Å². The van der Waals surface area contributed by atoms with Crippen LogP contribution in [0.3, 0.4) is 0 Å². The molecule has 0 spiro atoms. The molecule has 0 saturated carbocycles. The minimum Gasteiger partial charge on any atom is -0.393 e. The molecule has 1 rings (SSSR count). The van der Waals surface area contributed by atoms with E-state index in [2.05, 4.69) is 5.32 Å². The predicted octanol–water partition coefficient (Wildman–Crippen LogP) is 1.66. The zero-order chi connectivity index (χ0) is 13.5. The maximum Gasteiger partial charge on any atom is 0.292 e. The van der Waals surface area contributed by atoms with E-state index < -0.39 is 4.92 Å². The van der Waals surface area contributed by atoms with Crippen LogP contribution in [0.4, 0.5) is 11.4 Å². The molecule has 0 fully saturated rings. The van der Waals surface area contributed by atoms with Crippen molar-refractivity contribution in [2.45, 2.75) is 6.42 Å². The molecule has 0 unspecified atom stereocenters. The normalized spacial score (nSPS) is 10.1. The lowest BCUT2D eigenvalue weighted by Gasteiger charge is -2.05. The van der Waals surface area contributed by atoms with Gasteiger partial charge in [-0.1, -0.05) is 0 Å². The summed E-state index contributed by atoms with van der Waals surface area (Å²) in [6, 6.07) is 3.96. The number of amides is 1. The number of nitro groups is 1. The Morgan fingerprint density at radius 2 is 2.28 bits per heavy atom. The average molecular weight is 269 g/mol. The van der Waals surface area contributed by atoms with Crippen LogP contribution in [-0.2, 0) is 0 Å². The molecule has 0 aromatic heterocycles. The highest BCUT2D eigenvalue weighted by Crippen LogP contribution is 2.21. The van der Waals surface area contributed by atoms with E-state index in [-0.39, 0.29) is 17.3 Å². The van der Waals surface area contributed by atoms with Crippen LogP contribution in [-0.4, -0.2) is 29.4 Å². The van der Waals surface area contributed by atoms with Gasteiger partial charge in [0.25, 0.3) is 11.6 Å². The SMILES string of the molecule is CSCCCNC(=O)c1ccc([N+](=O)[O-])c(N)c1. The van der Waals surface area contributed by atoms with Crippen molar-refractivity contribution in [3.8, 4) is 0 Å². The number of nitrogens with two attached hydrogens (primary N) is 1. The number of hydrogen-bond donors (Lipinski definition) is 2. The third kappa shape index (κ3) is 3.92. The van der Waals surface area contributed by atoms with Gasteiger partial charge in [0.2, 0.25) is 0 Å². The molecule has 0 aliphatic rings. The highest BCUT2D eigenvalue weighted by atomic mass is 32.2. The van der Waals surface area contributed by atoms with E-state index in [1.165, 1.54) is 18.2 Å². The molecule has 6 nitrogen and oxygen atoms in total. The Balaban J connectivity index is 2.64. The predicted molar refractivity (Wildman–Crippen MR) is 72.8 cm³/mol. The van der Waals surface area contributed by atoms with Crippen LogP contribution in [0.1, 0.15) is 16.8 Å². The summed E-state index contributed by atoms with van der Waals surface area (Å²) in [6.07, 6.45) is 2.88. The second-order valence-electron chi connectivity index (χ2n) is 3.63. The number of nitrogen functional groups attached to an aromatic ring is 1. The fourth-order valence-corrected chi connectivity index (χ4v) is 1.82. The molecule has 1 aromatic carbocycles. The molecule has 0 atom stereocenters. The fraction of sp³-hybridized carbons (Fsp3) is 0.364. The molecule has 18 heavy (non-hydrogen) atoms. The maximum atomic E-state index is 11.7. The average Bonchev–Trinajstić information content (AvgIpc) is 2.33. The molecule has 7 heteroatoms. The van der Waals surface area contributed by atoms with E-state index in [9.17, 15) is 14.9 Å². The lowest BCUT2D eigenvalue weighted by Crippen LogP contribution is -2.24. The van der Waals surface area contributed by atoms with Crippen LogP contribution < -0.4 is 11.1 Å². The summed E-state index contributed by atoms with van der Waals surface area (Å²) in [5.74, 6) is 0.709. The van der Waals surface area contributed by atoms with Crippen molar-refractivity contribution in [1.82, 2.24) is 5.32 Å². The van der Waals surface area contributed by atoms with Crippen molar-refractivity contribution in [3.63, 3.8) is 0 Å². The van der Waals surface area contributed by atoms with Gasteiger partial charge in [-0.3, -0.25) is 14.9 Å². The lowest BCUT2D eigenvalue weighted by atomic mass is 10.1. The molecule has 0 bridgehead atoms. The highest BCUT2D eigenvalue weighted by molar-refractivity contribution is 7.98. The Labute approximate surface area is 109 Å². The second-order valence-corrected chi connectivity index (χ2v) is 4.62. The van der Waals surface area contributed by atoms with Crippen molar-refractivity contribution in [1.29, 1.82) is 0 Å². The first-order valence-electron chi connectivity index (χ1n) is 5.37. The van der Waals surface area contributed by atoms with Crippen molar-refractivity contribution < 1.29 is 9.72 Å². The zero-order valence-corrected chi connectivity index (χ0v) is 10.8. The zero-order valence-electron chi connectivity index (χ0n) is 10.0. The van der Waals surface area contributed by atoms with E-state index in [4.69, 9.17) is 5.73 Å². The lowest BCUT2D eigenvalue weighted by molar-refractivity contribution is -0.383. The van der Waals surface area contributed by atoms with Crippen molar-refractivity contribution in [2.24, 2.45) is 0 Å². The minimum absolute atomic E-state index is 0.00300. The van der Waals surface area contributed by atoms with Gasteiger partial charge in [-0.25, -0.2) is 0 Å². The molecular weight excluding hydrogens is 254 g/mol. The number of carbonyl (C=O) groups excluding carboxylic acids is 1. The van der Waals surface area contributed by atoms with Crippen molar-refractivity contribution in [2.75, 3.05) is 24.3 Å². The number of rotatable bonds is 6. The second kappa shape index (κ2) is 6.85. The quantitative estimate of drug-likeness (QED) is 0.354. The Hall–Kier alpha value is -1.76. The van der Waals surface area contributed by atoms with E-state index >= 15 is 0 Å². The van der Waals surface area contributed by atoms with Crippen molar-refractivity contribution >= 4 is 29.0 Å². The summed E-state index contributed by atoms with van der Waals surface area (Å²) in [7, 11) is 0. The number of hydrogen-bond acceptors (Lipinski definition) is 5. The smallest absolute Gasteiger partial charge is 0.292 e. The summed E-state index contributed by atoms with van der Waals surface area (Å²) in [4.78, 5) is 21.7. The Morgan fingerprint density at radius 1 is 1.56 bits per heavy atom. The maximum absolute atomic E-state index is 11.7. The summed E-state index contributed by atoms with van der Waals surface area (Å²) in [5.41, 5.74) is 5.66. The highest BCUT2D eigenvalue weighted by Gasteiger charge is 2.14. The molecule has 98 valence electrons. The number of nitrogens with zero attached hydrogens (tertiary/aromatic N) is 1. The van der Waals surface area contributed by atoms with Gasteiger partial charge in [0.15, 0.2) is 0 Å². The Kier molecular flexibility index (Phi) is 5.44. The van der Waals surface area contributed by atoms with Crippen molar-refractivity contribution in [3.05, 3.63) is 33.9 Å². The molecule has 0 radical (unpaired) electrons. The molecule has 3 N–H and O–H groups in total. The fourth-order valence-electron chi connectivity index (χ4n) is 1.38. The number of nitrogens with one attached hydrogen (secondary N) is 1. The summed E-state index contributed by atoms with van der Waals surface area (Å²) >= 11 is 1.71. The van der Waals surface area contributed by atoms with Gasteiger partial charge in [0.05, 0.1) is 4.92 Å². The van der Waals surface area contributed by atoms with Crippen LogP contribution in [0.2, 0.25) is 0 Å². The van der Waals surface area contributed by atoms with Crippen LogP contribution >= 0.6 is 11.8 Å². The Bertz CT molecular complexity index is 451. The number of benzene rings is 1. The van der Waals surface area contributed by atoms with E-state index in [0.717, 1.165) is 12.2 Å². The summed E-state index contributed by atoms with van der Waals surface area (Å²) in [5, 5.41) is 13.3. The van der Waals surface area contributed by atoms with Crippen LogP contribution in [0.25, 0.3) is 0 Å². The van der Waals surface area contributed by atoms with Gasteiger partial charge in [0.1, 0.15) is 5.69 Å². The first kappa shape index (κ1) is 14.3. The number of nitro benzene ring substituents is 1. The van der Waals surface area contributed by atoms with Gasteiger partial charge < -0.3 is 11.1 Å². The number of thioether (sulfide) groups is 1. The van der Waals surface area contributed by atoms with Gasteiger partial charge >= 0.3 is 0 Å².